The van der Waals surface area contributed by atoms with E-state index in [-0.39, 0.29) is 24.3 Å². The molecule has 0 radical (unpaired) electrons. The first kappa shape index (κ1) is 19.7. The molecule has 1 saturated heterocycles. The van der Waals surface area contributed by atoms with E-state index in [1.54, 1.807) is 0 Å². The van der Waals surface area contributed by atoms with Crippen LogP contribution in [0.25, 0.3) is 0 Å². The maximum atomic E-state index is 13.7. The topological polar surface area (TPSA) is 87.7 Å². The number of hydrogen-bond donors (Lipinski definition) is 0. The summed E-state index contributed by atoms with van der Waals surface area (Å²) in [7, 11) is -5.55. The molecule has 3 amide bonds. The molecule has 0 bridgehead atoms. The third-order valence-corrected chi connectivity index (χ3v) is 5.47. The van der Waals surface area contributed by atoms with Crippen LogP contribution in [0.15, 0.2) is 47.6 Å². The van der Waals surface area contributed by atoms with E-state index in [4.69, 9.17) is 0 Å². The van der Waals surface area contributed by atoms with E-state index >= 15 is 0 Å². The fourth-order valence-corrected chi connectivity index (χ4v) is 3.34. The second kappa shape index (κ2) is 6.86. The van der Waals surface area contributed by atoms with Crippen LogP contribution in [-0.2, 0) is 21.2 Å². The average Bonchev–Trinajstić information content (AvgIpc) is 2.89. The van der Waals surface area contributed by atoms with Crippen molar-refractivity contribution < 1.29 is 35.6 Å². The number of sulfone groups is 1. The number of anilines is 1. The lowest BCUT2D eigenvalue weighted by molar-refractivity contribution is -0.116. The highest BCUT2D eigenvalue weighted by Gasteiger charge is 2.47. The van der Waals surface area contributed by atoms with Gasteiger partial charge >= 0.3 is 11.5 Å². The van der Waals surface area contributed by atoms with Crippen molar-refractivity contribution in [3.05, 3.63) is 54.1 Å². The van der Waals surface area contributed by atoms with Crippen LogP contribution in [0.5, 0.6) is 0 Å². The normalized spacial score (nSPS) is 15.4. The third kappa shape index (κ3) is 3.42. The molecule has 0 unspecified atom stereocenters. The SMILES string of the molecule is O=C1CN(Cc2ccncc2F)C(=O)N1c1ccc(S(=O)(=O)C(F)(F)F)cc1. The molecule has 0 saturated carbocycles. The minimum atomic E-state index is -5.55. The monoisotopic (exact) mass is 417 g/mol. The second-order valence-electron chi connectivity index (χ2n) is 5.78. The predicted molar refractivity (Wildman–Crippen MR) is 87.2 cm³/mol. The Hall–Kier alpha value is -3.02. The molecule has 28 heavy (non-hydrogen) atoms. The van der Waals surface area contributed by atoms with Crippen LogP contribution in [0.2, 0.25) is 0 Å². The minimum Gasteiger partial charge on any atom is -0.310 e. The van der Waals surface area contributed by atoms with Gasteiger partial charge in [-0.05, 0) is 30.3 Å². The fourth-order valence-electron chi connectivity index (χ4n) is 2.57. The van der Waals surface area contributed by atoms with Crippen molar-refractivity contribution in [3.8, 4) is 0 Å². The molecule has 12 heteroatoms. The number of alkyl halides is 3. The van der Waals surface area contributed by atoms with Gasteiger partial charge in [0.25, 0.3) is 15.7 Å². The van der Waals surface area contributed by atoms with Gasteiger partial charge in [-0.2, -0.15) is 13.2 Å². The van der Waals surface area contributed by atoms with Crippen LogP contribution >= 0.6 is 0 Å². The molecule has 7 nitrogen and oxygen atoms in total. The number of benzene rings is 1. The quantitative estimate of drug-likeness (QED) is 0.564. The Morgan fingerprint density at radius 1 is 1.07 bits per heavy atom. The van der Waals surface area contributed by atoms with Crippen LogP contribution in [0.3, 0.4) is 0 Å². The van der Waals surface area contributed by atoms with Gasteiger partial charge in [0.1, 0.15) is 12.4 Å². The van der Waals surface area contributed by atoms with Crippen molar-refractivity contribution in [1.29, 1.82) is 0 Å². The Morgan fingerprint density at radius 3 is 2.29 bits per heavy atom. The summed E-state index contributed by atoms with van der Waals surface area (Å²) < 4.78 is 74.2. The number of carbonyl (C=O) groups is 2. The van der Waals surface area contributed by atoms with E-state index in [1.165, 1.54) is 12.3 Å². The highest BCUT2D eigenvalue weighted by atomic mass is 32.2. The number of pyridine rings is 1. The van der Waals surface area contributed by atoms with Gasteiger partial charge in [-0.25, -0.2) is 22.5 Å². The zero-order chi connectivity index (χ0) is 20.7. The first-order valence-electron chi connectivity index (χ1n) is 7.64. The fraction of sp³-hybridized carbons (Fsp3) is 0.188. The maximum Gasteiger partial charge on any atom is 0.501 e. The van der Waals surface area contributed by atoms with E-state index in [2.05, 4.69) is 4.98 Å². The summed E-state index contributed by atoms with van der Waals surface area (Å²) in [5.74, 6) is -1.35. The minimum absolute atomic E-state index is 0.103. The number of aromatic nitrogens is 1. The van der Waals surface area contributed by atoms with E-state index in [0.717, 1.165) is 23.2 Å². The average molecular weight is 417 g/mol. The van der Waals surface area contributed by atoms with Gasteiger partial charge in [-0.15, -0.1) is 0 Å². The van der Waals surface area contributed by atoms with E-state index in [1.807, 2.05) is 0 Å². The molecule has 1 aliphatic heterocycles. The largest absolute Gasteiger partial charge is 0.501 e. The highest BCUT2D eigenvalue weighted by Crippen LogP contribution is 2.32. The summed E-state index contributed by atoms with van der Waals surface area (Å²) in [4.78, 5) is 28.9. The Morgan fingerprint density at radius 2 is 1.71 bits per heavy atom. The molecular formula is C16H11F4N3O4S. The molecule has 148 valence electrons. The van der Waals surface area contributed by atoms with Crippen molar-refractivity contribution in [3.63, 3.8) is 0 Å². The Kier molecular flexibility index (Phi) is 4.83. The van der Waals surface area contributed by atoms with Crippen molar-refractivity contribution in [2.45, 2.75) is 16.9 Å². The van der Waals surface area contributed by atoms with E-state index < -0.39 is 38.0 Å². The van der Waals surface area contributed by atoms with Crippen molar-refractivity contribution in [2.24, 2.45) is 0 Å². The molecule has 1 fully saturated rings. The number of urea groups is 1. The number of amides is 3. The van der Waals surface area contributed by atoms with Gasteiger partial charge in [0.15, 0.2) is 0 Å². The van der Waals surface area contributed by atoms with Gasteiger partial charge < -0.3 is 4.90 Å². The zero-order valence-corrected chi connectivity index (χ0v) is 14.7. The van der Waals surface area contributed by atoms with Crippen molar-refractivity contribution in [1.82, 2.24) is 9.88 Å². The van der Waals surface area contributed by atoms with Gasteiger partial charge in [0.2, 0.25) is 0 Å². The number of hydrogen-bond acceptors (Lipinski definition) is 5. The number of nitrogens with zero attached hydrogens (tertiary/aromatic N) is 3. The number of rotatable bonds is 4. The molecule has 1 aromatic carbocycles. The first-order chi connectivity index (χ1) is 13.0. The van der Waals surface area contributed by atoms with Gasteiger partial charge in [0, 0.05) is 11.8 Å². The second-order valence-corrected chi connectivity index (χ2v) is 7.72. The molecular weight excluding hydrogens is 406 g/mol. The van der Waals surface area contributed by atoms with Crippen LogP contribution in [0.4, 0.5) is 28.0 Å². The molecule has 0 spiro atoms. The summed E-state index contributed by atoms with van der Waals surface area (Å²) in [5, 5.41) is 0. The number of carbonyl (C=O) groups excluding carboxylic acids is 2. The van der Waals surface area contributed by atoms with Gasteiger partial charge in [0.05, 0.1) is 23.3 Å². The summed E-state index contributed by atoms with van der Waals surface area (Å²) >= 11 is 0. The smallest absolute Gasteiger partial charge is 0.310 e. The van der Waals surface area contributed by atoms with E-state index in [9.17, 15) is 35.6 Å². The third-order valence-electron chi connectivity index (χ3n) is 3.96. The number of imide groups is 1. The Labute approximate surface area is 156 Å². The van der Waals surface area contributed by atoms with Gasteiger partial charge in [-0.1, -0.05) is 0 Å². The van der Waals surface area contributed by atoms with Crippen molar-refractivity contribution >= 4 is 27.5 Å². The lowest BCUT2D eigenvalue weighted by atomic mass is 10.2. The summed E-state index contributed by atoms with van der Waals surface area (Å²) in [6, 6.07) is 3.68. The van der Waals surface area contributed by atoms with Gasteiger partial charge in [-0.3, -0.25) is 9.78 Å². The maximum absolute atomic E-state index is 13.7. The van der Waals surface area contributed by atoms with Crippen LogP contribution < -0.4 is 4.90 Å². The summed E-state index contributed by atoms with van der Waals surface area (Å²) in [6.45, 7) is -0.584. The standard InChI is InChI=1S/C16H11F4N3O4S/c17-13-7-21-6-5-10(13)8-22-9-14(24)23(15(22)25)11-1-3-12(4-2-11)28(26,27)16(18,19)20/h1-7H,8-9H2. The lowest BCUT2D eigenvalue weighted by Crippen LogP contribution is -2.33. The van der Waals surface area contributed by atoms with Crippen molar-refractivity contribution in [2.75, 3.05) is 11.4 Å². The number of halogens is 4. The molecule has 0 aliphatic carbocycles. The zero-order valence-electron chi connectivity index (χ0n) is 13.9. The van der Waals surface area contributed by atoms with Crippen LogP contribution in [-0.4, -0.2) is 42.3 Å². The molecule has 1 aromatic heterocycles. The molecule has 0 atom stereocenters. The van der Waals surface area contributed by atoms with Crippen LogP contribution in [0, 0.1) is 5.82 Å². The molecule has 0 N–H and O–H groups in total. The molecule has 1 aliphatic rings. The molecule has 3 rings (SSSR count). The predicted octanol–water partition coefficient (Wildman–Crippen LogP) is 2.48. The van der Waals surface area contributed by atoms with E-state index in [0.29, 0.717) is 17.0 Å². The summed E-state index contributed by atoms with van der Waals surface area (Å²) in [6.07, 6.45) is 2.27. The Bertz CT molecular complexity index is 1040. The molecule has 2 aromatic rings. The first-order valence-corrected chi connectivity index (χ1v) is 9.12. The lowest BCUT2D eigenvalue weighted by Gasteiger charge is -2.17. The highest BCUT2D eigenvalue weighted by molar-refractivity contribution is 7.92. The Balaban J connectivity index is 1.83. The van der Waals surface area contributed by atoms with Crippen LogP contribution in [0.1, 0.15) is 5.56 Å². The summed E-state index contributed by atoms with van der Waals surface area (Å²) in [5.41, 5.74) is -5.45. The molecule has 2 heterocycles.